The third kappa shape index (κ3) is 5.57. The van der Waals surface area contributed by atoms with E-state index >= 15 is 0 Å². The number of rotatable bonds is 5. The maximum Gasteiger partial charge on any atom is 0.417 e. The Morgan fingerprint density at radius 3 is 2.59 bits per heavy atom. The van der Waals surface area contributed by atoms with E-state index < -0.39 is 57.1 Å². The minimum atomic E-state index is -4.88. The second-order valence-corrected chi connectivity index (χ2v) is 9.51. The number of pyridine rings is 1. The third-order valence-electron chi connectivity index (χ3n) is 4.91. The van der Waals surface area contributed by atoms with Crippen LogP contribution in [0.1, 0.15) is 23.2 Å². The lowest BCUT2D eigenvalue weighted by atomic mass is 10.1. The molecule has 0 spiro atoms. The number of aryl methyl sites for hydroxylation is 1. The Balaban J connectivity index is 2.09. The fourth-order valence-electron chi connectivity index (χ4n) is 3.63. The molecule has 3 rings (SSSR count). The van der Waals surface area contributed by atoms with Crippen LogP contribution in [0.4, 0.5) is 29.1 Å². The summed E-state index contributed by atoms with van der Waals surface area (Å²) in [6.45, 7) is 1.15. The molecule has 0 unspecified atom stereocenters. The number of nitrogens with zero attached hydrogens (tertiary/aromatic N) is 3. The third-order valence-corrected chi connectivity index (χ3v) is 5.80. The van der Waals surface area contributed by atoms with Gasteiger partial charge >= 0.3 is 6.18 Å². The summed E-state index contributed by atoms with van der Waals surface area (Å²) in [5.74, 6) is -2.07. The minimum Gasteiger partial charge on any atom is -0.341 e. The average Bonchev–Trinajstić information content (AvgIpc) is 3.11. The molecule has 8 nitrogen and oxygen atoms in total. The van der Waals surface area contributed by atoms with Gasteiger partial charge in [-0.15, -0.1) is 0 Å². The van der Waals surface area contributed by atoms with Crippen molar-refractivity contribution in [2.24, 2.45) is 0 Å². The van der Waals surface area contributed by atoms with Gasteiger partial charge in [-0.3, -0.25) is 8.98 Å². The van der Waals surface area contributed by atoms with Crippen molar-refractivity contribution in [2.45, 2.75) is 31.7 Å². The molecule has 2 atom stereocenters. The molecule has 34 heavy (non-hydrogen) atoms. The summed E-state index contributed by atoms with van der Waals surface area (Å²) in [5.41, 5.74) is -2.08. The van der Waals surface area contributed by atoms with Gasteiger partial charge in [-0.1, -0.05) is 11.6 Å². The van der Waals surface area contributed by atoms with Gasteiger partial charge in [0.2, 0.25) is 5.91 Å². The highest BCUT2D eigenvalue weighted by atomic mass is 35.5. The number of benzene rings is 1. The molecule has 1 aromatic heterocycles. The topological polar surface area (TPSA) is 112 Å². The van der Waals surface area contributed by atoms with Gasteiger partial charge in [0.25, 0.3) is 10.1 Å². The number of nitriles is 1. The zero-order valence-corrected chi connectivity index (χ0v) is 19.2. The molecule has 2 heterocycles. The number of nitrogens with one attached hydrogen (secondary N) is 1. The first kappa shape index (κ1) is 25.7. The van der Waals surface area contributed by atoms with Crippen LogP contribution in [0, 0.1) is 24.1 Å². The fourth-order valence-corrected chi connectivity index (χ4v) is 4.46. The van der Waals surface area contributed by atoms with Crippen molar-refractivity contribution in [1.29, 1.82) is 5.26 Å². The fraction of sp³-hybridized carbons (Fsp3) is 0.350. The van der Waals surface area contributed by atoms with Crippen molar-refractivity contribution in [3.05, 3.63) is 51.9 Å². The van der Waals surface area contributed by atoms with Crippen LogP contribution in [0.25, 0.3) is 0 Å². The molecule has 1 saturated heterocycles. The number of carbonyl (C=O) groups excluding carboxylic acids is 1. The largest absolute Gasteiger partial charge is 0.417 e. The second kappa shape index (κ2) is 9.36. The predicted octanol–water partition coefficient (Wildman–Crippen LogP) is 3.64. The SMILES string of the molecule is Cc1cc(C(F)(F)F)c(C#N)c(N2CC[C@H](OS(C)(=O)=O)[C@H]2C(=O)Nc2ccc(F)c(Cl)c2)n1. The molecule has 2 aromatic rings. The lowest BCUT2D eigenvalue weighted by Crippen LogP contribution is -2.47. The van der Waals surface area contributed by atoms with Crippen LogP contribution in [-0.4, -0.2) is 44.3 Å². The van der Waals surface area contributed by atoms with E-state index in [2.05, 4.69) is 10.3 Å². The van der Waals surface area contributed by atoms with E-state index in [0.29, 0.717) is 6.07 Å². The van der Waals surface area contributed by atoms with Crippen molar-refractivity contribution in [3.8, 4) is 6.07 Å². The Kier molecular flexibility index (Phi) is 7.07. The van der Waals surface area contributed by atoms with Gasteiger partial charge in [0, 0.05) is 17.9 Å². The summed E-state index contributed by atoms with van der Waals surface area (Å²) in [6, 6.07) is 3.99. The molecule has 0 radical (unpaired) electrons. The van der Waals surface area contributed by atoms with Gasteiger partial charge < -0.3 is 10.2 Å². The molecule has 0 aliphatic carbocycles. The number of anilines is 2. The number of amides is 1. The molecule has 1 N–H and O–H groups in total. The maximum absolute atomic E-state index is 13.6. The quantitative estimate of drug-likeness (QED) is 0.473. The van der Waals surface area contributed by atoms with Crippen LogP contribution < -0.4 is 10.2 Å². The average molecular weight is 521 g/mol. The molecular formula is C20H17ClF4N4O4S. The zero-order chi connectivity index (χ0) is 25.4. The van der Waals surface area contributed by atoms with Gasteiger partial charge in [-0.05, 0) is 37.6 Å². The molecule has 1 aromatic carbocycles. The summed E-state index contributed by atoms with van der Waals surface area (Å²) in [5, 5.41) is 11.6. The van der Waals surface area contributed by atoms with E-state index in [1.807, 2.05) is 0 Å². The first-order chi connectivity index (χ1) is 15.7. The highest BCUT2D eigenvalue weighted by Gasteiger charge is 2.45. The van der Waals surface area contributed by atoms with Crippen molar-refractivity contribution in [1.82, 2.24) is 4.98 Å². The number of alkyl halides is 3. The molecule has 0 bridgehead atoms. The number of hydrogen-bond acceptors (Lipinski definition) is 7. The Morgan fingerprint density at radius 2 is 2.03 bits per heavy atom. The highest BCUT2D eigenvalue weighted by molar-refractivity contribution is 7.86. The van der Waals surface area contributed by atoms with E-state index in [0.717, 1.165) is 23.3 Å². The number of halogens is 5. The summed E-state index contributed by atoms with van der Waals surface area (Å²) in [6.07, 6.45) is -5.48. The highest BCUT2D eigenvalue weighted by Crippen LogP contribution is 2.38. The predicted molar refractivity (Wildman–Crippen MR) is 114 cm³/mol. The van der Waals surface area contributed by atoms with Gasteiger partial charge in [0.15, 0.2) is 0 Å². The summed E-state index contributed by atoms with van der Waals surface area (Å²) in [7, 11) is -4.06. The Labute approximate surface area is 197 Å². The van der Waals surface area contributed by atoms with Crippen molar-refractivity contribution >= 4 is 39.1 Å². The molecule has 1 fully saturated rings. The Morgan fingerprint density at radius 1 is 1.35 bits per heavy atom. The molecule has 14 heteroatoms. The Bertz CT molecular complexity index is 1280. The van der Waals surface area contributed by atoms with Crippen LogP contribution in [0.3, 0.4) is 0 Å². The summed E-state index contributed by atoms with van der Waals surface area (Å²) >= 11 is 5.72. The van der Waals surface area contributed by atoms with Crippen LogP contribution in [-0.2, 0) is 25.3 Å². The number of aromatic nitrogens is 1. The van der Waals surface area contributed by atoms with E-state index in [1.165, 1.54) is 19.1 Å². The zero-order valence-electron chi connectivity index (χ0n) is 17.7. The lowest BCUT2D eigenvalue weighted by Gasteiger charge is -2.29. The second-order valence-electron chi connectivity index (χ2n) is 7.50. The van der Waals surface area contributed by atoms with Gasteiger partial charge in [-0.2, -0.15) is 26.9 Å². The van der Waals surface area contributed by atoms with Crippen molar-refractivity contribution in [3.63, 3.8) is 0 Å². The summed E-state index contributed by atoms with van der Waals surface area (Å²) < 4.78 is 82.7. The molecule has 0 saturated carbocycles. The van der Waals surface area contributed by atoms with E-state index in [9.17, 15) is 36.0 Å². The molecular weight excluding hydrogens is 504 g/mol. The summed E-state index contributed by atoms with van der Waals surface area (Å²) in [4.78, 5) is 18.3. The molecule has 182 valence electrons. The van der Waals surface area contributed by atoms with Crippen LogP contribution in [0.15, 0.2) is 24.3 Å². The van der Waals surface area contributed by atoms with E-state index in [-0.39, 0.29) is 29.4 Å². The first-order valence-electron chi connectivity index (χ1n) is 9.61. The first-order valence-corrected chi connectivity index (χ1v) is 11.8. The van der Waals surface area contributed by atoms with Gasteiger partial charge in [0.05, 0.1) is 16.8 Å². The number of carbonyl (C=O) groups is 1. The van der Waals surface area contributed by atoms with Crippen molar-refractivity contribution in [2.75, 3.05) is 23.0 Å². The maximum atomic E-state index is 13.6. The lowest BCUT2D eigenvalue weighted by molar-refractivity contribution is -0.137. The normalized spacial score (nSPS) is 18.6. The van der Waals surface area contributed by atoms with E-state index in [4.69, 9.17) is 15.8 Å². The minimum absolute atomic E-state index is 0.0510. The Hall–Kier alpha value is -2.95. The van der Waals surface area contributed by atoms with Crippen LogP contribution in [0.5, 0.6) is 0 Å². The molecule has 1 aliphatic heterocycles. The van der Waals surface area contributed by atoms with Crippen LogP contribution >= 0.6 is 11.6 Å². The molecule has 1 amide bonds. The smallest absolute Gasteiger partial charge is 0.341 e. The monoisotopic (exact) mass is 520 g/mol. The number of hydrogen-bond donors (Lipinski definition) is 1. The van der Waals surface area contributed by atoms with Crippen molar-refractivity contribution < 1.29 is 35.0 Å². The standard InChI is InChI=1S/C20H17ClF4N4O4S/c1-10-7-13(20(23,24)25)12(9-26)18(27-10)29-6-5-16(33-34(2,31)32)17(29)19(30)28-11-3-4-15(22)14(21)8-11/h3-4,7-8,16-17H,5-6H2,1-2H3,(H,28,30)/t16-,17-/m0/s1. The van der Waals surface area contributed by atoms with E-state index in [1.54, 1.807) is 0 Å². The molecule has 1 aliphatic rings. The van der Waals surface area contributed by atoms with Gasteiger partial charge in [0.1, 0.15) is 35.4 Å². The van der Waals surface area contributed by atoms with Crippen LogP contribution in [0.2, 0.25) is 5.02 Å². The van der Waals surface area contributed by atoms with Gasteiger partial charge in [-0.25, -0.2) is 9.37 Å².